The molecule has 2 aliphatic rings. The third-order valence-electron chi connectivity index (χ3n) is 5.65. The van der Waals surface area contributed by atoms with E-state index in [9.17, 15) is 4.79 Å². The standard InChI is InChI=1S/C22H27N7O2/c1-22(2,23)27-19(30)12-28-11-14-13-31-9-8-29(14)21-18(28)10-25-20(26-21)16-4-3-5-17-15(16)6-7-24-17/h3-7,10,14,24H,8-9,11-13,23H2,1-2H3,(H,27,30)/t14-/m1/s1. The molecule has 31 heavy (non-hydrogen) atoms. The molecule has 0 saturated carbocycles. The van der Waals surface area contributed by atoms with Gasteiger partial charge in [-0.3, -0.25) is 4.79 Å². The van der Waals surface area contributed by atoms with Gasteiger partial charge >= 0.3 is 0 Å². The lowest BCUT2D eigenvalue weighted by Gasteiger charge is -2.45. The molecule has 2 aliphatic heterocycles. The number of fused-ring (bicyclic) bond motifs is 4. The van der Waals surface area contributed by atoms with Crippen molar-refractivity contribution >= 4 is 28.3 Å². The number of anilines is 2. The van der Waals surface area contributed by atoms with Gasteiger partial charge in [0.05, 0.1) is 43.3 Å². The molecular formula is C22H27N7O2. The number of nitrogens with one attached hydrogen (secondary N) is 2. The molecule has 1 saturated heterocycles. The van der Waals surface area contributed by atoms with Crippen molar-refractivity contribution in [3.8, 4) is 11.4 Å². The van der Waals surface area contributed by atoms with E-state index in [-0.39, 0.29) is 18.5 Å². The smallest absolute Gasteiger partial charge is 0.240 e. The molecule has 2 aromatic heterocycles. The monoisotopic (exact) mass is 421 g/mol. The molecule has 162 valence electrons. The van der Waals surface area contributed by atoms with Crippen molar-refractivity contribution in [1.82, 2.24) is 20.3 Å². The van der Waals surface area contributed by atoms with Crippen molar-refractivity contribution in [1.29, 1.82) is 0 Å². The number of carbonyl (C=O) groups excluding carboxylic acids is 1. The van der Waals surface area contributed by atoms with Crippen LogP contribution in [0.5, 0.6) is 0 Å². The molecule has 9 heteroatoms. The van der Waals surface area contributed by atoms with Gasteiger partial charge in [0.25, 0.3) is 0 Å². The van der Waals surface area contributed by atoms with Crippen LogP contribution in [0.15, 0.2) is 36.7 Å². The molecule has 1 aromatic carbocycles. The summed E-state index contributed by atoms with van der Waals surface area (Å²) in [5.41, 5.74) is 8.06. The van der Waals surface area contributed by atoms with E-state index in [0.717, 1.165) is 34.5 Å². The number of carbonyl (C=O) groups is 1. The fourth-order valence-electron chi connectivity index (χ4n) is 4.37. The lowest BCUT2D eigenvalue weighted by molar-refractivity contribution is -0.121. The topological polar surface area (TPSA) is 112 Å². The number of H-pyrrole nitrogens is 1. The summed E-state index contributed by atoms with van der Waals surface area (Å²) < 4.78 is 5.71. The van der Waals surface area contributed by atoms with E-state index in [4.69, 9.17) is 15.5 Å². The number of hydrogen-bond donors (Lipinski definition) is 3. The fraction of sp³-hybridized carbons (Fsp3) is 0.409. The normalized spacial score (nSPS) is 18.6. The lowest BCUT2D eigenvalue weighted by Crippen LogP contribution is -2.58. The molecule has 5 rings (SSSR count). The van der Waals surface area contributed by atoms with Crippen LogP contribution in [0.2, 0.25) is 0 Å². The first kappa shape index (κ1) is 19.8. The molecule has 1 amide bonds. The minimum Gasteiger partial charge on any atom is -0.377 e. The van der Waals surface area contributed by atoms with Gasteiger partial charge in [-0.05, 0) is 26.0 Å². The maximum atomic E-state index is 12.6. The molecule has 0 radical (unpaired) electrons. The van der Waals surface area contributed by atoms with E-state index in [2.05, 4.69) is 20.2 Å². The lowest BCUT2D eigenvalue weighted by atomic mass is 10.1. The second kappa shape index (κ2) is 7.51. The quantitative estimate of drug-likeness (QED) is 0.547. The Balaban J connectivity index is 1.53. The highest BCUT2D eigenvalue weighted by Gasteiger charge is 2.35. The average molecular weight is 422 g/mol. The molecule has 9 nitrogen and oxygen atoms in total. The number of amides is 1. The molecule has 0 aliphatic carbocycles. The maximum absolute atomic E-state index is 12.6. The summed E-state index contributed by atoms with van der Waals surface area (Å²) in [5.74, 6) is 1.38. The third-order valence-corrected chi connectivity index (χ3v) is 5.65. The average Bonchev–Trinajstić information content (AvgIpc) is 3.21. The van der Waals surface area contributed by atoms with Crippen molar-refractivity contribution in [2.45, 2.75) is 25.6 Å². The zero-order chi connectivity index (χ0) is 21.6. The van der Waals surface area contributed by atoms with Gasteiger partial charge in [-0.1, -0.05) is 12.1 Å². The van der Waals surface area contributed by atoms with Gasteiger partial charge in [-0.25, -0.2) is 9.97 Å². The highest BCUT2D eigenvalue weighted by molar-refractivity contribution is 5.94. The molecule has 0 unspecified atom stereocenters. The molecule has 3 aromatic rings. The SMILES string of the molecule is CC(C)(N)NC(=O)CN1C[C@@H]2COCCN2c2nc(-c3cccc4[nH]ccc34)ncc21. The second-order valence-corrected chi connectivity index (χ2v) is 8.72. The van der Waals surface area contributed by atoms with Crippen molar-refractivity contribution in [3.05, 3.63) is 36.7 Å². The van der Waals surface area contributed by atoms with Gasteiger partial charge in [0, 0.05) is 35.8 Å². The van der Waals surface area contributed by atoms with Gasteiger partial charge < -0.3 is 30.6 Å². The van der Waals surface area contributed by atoms with Gasteiger partial charge in [-0.2, -0.15) is 0 Å². The summed E-state index contributed by atoms with van der Waals surface area (Å²) in [6, 6.07) is 8.24. The number of rotatable bonds is 4. The molecule has 0 spiro atoms. The zero-order valence-corrected chi connectivity index (χ0v) is 17.8. The van der Waals surface area contributed by atoms with Gasteiger partial charge in [0.15, 0.2) is 11.6 Å². The van der Waals surface area contributed by atoms with Gasteiger partial charge in [-0.15, -0.1) is 0 Å². The first-order valence-corrected chi connectivity index (χ1v) is 10.5. The van der Waals surface area contributed by atoms with E-state index in [0.29, 0.717) is 25.6 Å². The van der Waals surface area contributed by atoms with E-state index in [1.165, 1.54) is 0 Å². The predicted molar refractivity (Wildman–Crippen MR) is 120 cm³/mol. The Kier molecular flexibility index (Phi) is 4.79. The number of hydrogen-bond acceptors (Lipinski definition) is 7. The summed E-state index contributed by atoms with van der Waals surface area (Å²) in [6.45, 7) is 6.41. The molecule has 4 heterocycles. The fourth-order valence-corrected chi connectivity index (χ4v) is 4.37. The number of aromatic amines is 1. The van der Waals surface area contributed by atoms with Crippen LogP contribution in [0.1, 0.15) is 13.8 Å². The van der Waals surface area contributed by atoms with Gasteiger partial charge in [0.1, 0.15) is 0 Å². The van der Waals surface area contributed by atoms with Crippen LogP contribution in [0.25, 0.3) is 22.3 Å². The molecule has 1 fully saturated rings. The molecule has 0 bridgehead atoms. The van der Waals surface area contributed by atoms with E-state index in [1.807, 2.05) is 41.6 Å². The van der Waals surface area contributed by atoms with E-state index >= 15 is 0 Å². The first-order valence-electron chi connectivity index (χ1n) is 10.5. The van der Waals surface area contributed by atoms with Crippen molar-refractivity contribution in [2.24, 2.45) is 5.73 Å². The van der Waals surface area contributed by atoms with Crippen LogP contribution in [-0.2, 0) is 9.53 Å². The number of nitrogens with two attached hydrogens (primary N) is 1. The highest BCUT2D eigenvalue weighted by atomic mass is 16.5. The Morgan fingerprint density at radius 1 is 1.39 bits per heavy atom. The summed E-state index contributed by atoms with van der Waals surface area (Å²) in [7, 11) is 0. The zero-order valence-electron chi connectivity index (χ0n) is 17.8. The predicted octanol–water partition coefficient (Wildman–Crippen LogP) is 1.46. The Morgan fingerprint density at radius 2 is 2.26 bits per heavy atom. The van der Waals surface area contributed by atoms with Crippen LogP contribution in [0.3, 0.4) is 0 Å². The van der Waals surface area contributed by atoms with Crippen LogP contribution in [0.4, 0.5) is 11.5 Å². The minimum absolute atomic E-state index is 0.130. The Bertz CT molecular complexity index is 1120. The maximum Gasteiger partial charge on any atom is 0.240 e. The van der Waals surface area contributed by atoms with Crippen molar-refractivity contribution < 1.29 is 9.53 Å². The number of aromatic nitrogens is 3. The van der Waals surface area contributed by atoms with Crippen LogP contribution in [0, 0.1) is 0 Å². The summed E-state index contributed by atoms with van der Waals surface area (Å²) in [5, 5.41) is 3.91. The highest BCUT2D eigenvalue weighted by Crippen LogP contribution is 2.36. The third kappa shape index (κ3) is 3.82. The van der Waals surface area contributed by atoms with E-state index < -0.39 is 5.66 Å². The number of morpholine rings is 1. The second-order valence-electron chi connectivity index (χ2n) is 8.72. The van der Waals surface area contributed by atoms with Crippen LogP contribution >= 0.6 is 0 Å². The van der Waals surface area contributed by atoms with E-state index in [1.54, 1.807) is 13.8 Å². The van der Waals surface area contributed by atoms with Crippen molar-refractivity contribution in [3.63, 3.8) is 0 Å². The van der Waals surface area contributed by atoms with Crippen LogP contribution < -0.4 is 20.9 Å². The molecule has 4 N–H and O–H groups in total. The van der Waals surface area contributed by atoms with Gasteiger partial charge in [0.2, 0.25) is 5.91 Å². The summed E-state index contributed by atoms with van der Waals surface area (Å²) in [6.07, 6.45) is 3.75. The largest absolute Gasteiger partial charge is 0.377 e. The summed E-state index contributed by atoms with van der Waals surface area (Å²) >= 11 is 0. The minimum atomic E-state index is -0.773. The Morgan fingerprint density at radius 3 is 3.10 bits per heavy atom. The number of nitrogens with zero attached hydrogens (tertiary/aromatic N) is 4. The summed E-state index contributed by atoms with van der Waals surface area (Å²) in [4.78, 5) is 29.8. The van der Waals surface area contributed by atoms with Crippen molar-refractivity contribution in [2.75, 3.05) is 42.6 Å². The van der Waals surface area contributed by atoms with Crippen LogP contribution in [-0.4, -0.2) is 65.4 Å². The first-order chi connectivity index (χ1) is 14.9. The Labute approximate surface area is 180 Å². The number of ether oxygens (including phenoxy) is 1. The Hall–Kier alpha value is -3.17. The molecular weight excluding hydrogens is 394 g/mol. The molecule has 1 atom stereocenters. The number of benzene rings is 1.